The molecule has 0 aromatic heterocycles. The summed E-state index contributed by atoms with van der Waals surface area (Å²) in [6, 6.07) is 10.9. The SMILES string of the molecule is Cc1ccc(NC(=S)N[C@@H](C)c2ccc(F)cc2F)cc1. The van der Waals surface area contributed by atoms with Crippen molar-refractivity contribution >= 4 is 23.0 Å². The van der Waals surface area contributed by atoms with Crippen LogP contribution in [0.3, 0.4) is 0 Å². The Morgan fingerprint density at radius 3 is 2.38 bits per heavy atom. The van der Waals surface area contributed by atoms with Gasteiger partial charge in [0.2, 0.25) is 0 Å². The molecule has 0 bridgehead atoms. The molecule has 0 heterocycles. The summed E-state index contributed by atoms with van der Waals surface area (Å²) in [6.45, 7) is 3.76. The zero-order valence-corrected chi connectivity index (χ0v) is 12.6. The van der Waals surface area contributed by atoms with Gasteiger partial charge in [-0.1, -0.05) is 23.8 Å². The summed E-state index contributed by atoms with van der Waals surface area (Å²) in [5.74, 6) is -1.18. The molecular weight excluding hydrogens is 290 g/mol. The van der Waals surface area contributed by atoms with Crippen molar-refractivity contribution in [2.24, 2.45) is 0 Å². The Kier molecular flexibility index (Phi) is 4.85. The third-order valence-corrected chi connectivity index (χ3v) is 3.31. The van der Waals surface area contributed by atoms with Crippen LogP contribution in [0.2, 0.25) is 0 Å². The summed E-state index contributed by atoms with van der Waals surface area (Å²) in [4.78, 5) is 0. The number of hydrogen-bond donors (Lipinski definition) is 2. The zero-order chi connectivity index (χ0) is 15.4. The van der Waals surface area contributed by atoms with Crippen molar-refractivity contribution in [1.29, 1.82) is 0 Å². The van der Waals surface area contributed by atoms with E-state index in [9.17, 15) is 8.78 Å². The molecular formula is C16H16F2N2S. The van der Waals surface area contributed by atoms with Gasteiger partial charge in [0, 0.05) is 17.3 Å². The van der Waals surface area contributed by atoms with E-state index in [1.54, 1.807) is 6.92 Å². The molecule has 0 radical (unpaired) electrons. The van der Waals surface area contributed by atoms with Crippen molar-refractivity contribution in [2.75, 3.05) is 5.32 Å². The Labute approximate surface area is 128 Å². The number of benzene rings is 2. The highest BCUT2D eigenvalue weighted by atomic mass is 32.1. The van der Waals surface area contributed by atoms with Crippen LogP contribution in [0.25, 0.3) is 0 Å². The minimum atomic E-state index is -0.594. The fourth-order valence-electron chi connectivity index (χ4n) is 1.93. The van der Waals surface area contributed by atoms with Crippen LogP contribution in [0.5, 0.6) is 0 Å². The Balaban J connectivity index is 2.00. The fourth-order valence-corrected chi connectivity index (χ4v) is 2.23. The third kappa shape index (κ3) is 4.23. The molecule has 0 saturated heterocycles. The Hall–Kier alpha value is -2.01. The van der Waals surface area contributed by atoms with E-state index >= 15 is 0 Å². The second kappa shape index (κ2) is 6.63. The van der Waals surface area contributed by atoms with Gasteiger partial charge in [0.1, 0.15) is 11.6 Å². The number of nitrogens with one attached hydrogen (secondary N) is 2. The molecule has 2 rings (SSSR count). The number of rotatable bonds is 3. The van der Waals surface area contributed by atoms with Gasteiger partial charge in [-0.25, -0.2) is 8.78 Å². The summed E-state index contributed by atoms with van der Waals surface area (Å²) in [5, 5.41) is 6.39. The van der Waals surface area contributed by atoms with Crippen LogP contribution in [-0.4, -0.2) is 5.11 Å². The molecule has 0 aliphatic rings. The van der Waals surface area contributed by atoms with Crippen molar-refractivity contribution in [3.05, 3.63) is 65.2 Å². The monoisotopic (exact) mass is 306 g/mol. The molecule has 110 valence electrons. The molecule has 0 saturated carbocycles. The smallest absolute Gasteiger partial charge is 0.171 e. The van der Waals surface area contributed by atoms with Gasteiger partial charge in [0.05, 0.1) is 6.04 Å². The first-order valence-electron chi connectivity index (χ1n) is 6.55. The lowest BCUT2D eigenvalue weighted by molar-refractivity contribution is 0.554. The van der Waals surface area contributed by atoms with Crippen LogP contribution >= 0.6 is 12.2 Å². The second-order valence-electron chi connectivity index (χ2n) is 4.85. The highest BCUT2D eigenvalue weighted by molar-refractivity contribution is 7.80. The average Bonchev–Trinajstić information content (AvgIpc) is 2.41. The van der Waals surface area contributed by atoms with E-state index in [1.165, 1.54) is 12.1 Å². The second-order valence-corrected chi connectivity index (χ2v) is 5.26. The van der Waals surface area contributed by atoms with Crippen LogP contribution in [-0.2, 0) is 0 Å². The van der Waals surface area contributed by atoms with Crippen molar-refractivity contribution in [3.63, 3.8) is 0 Å². The van der Waals surface area contributed by atoms with Crippen LogP contribution < -0.4 is 10.6 Å². The van der Waals surface area contributed by atoms with Crippen molar-refractivity contribution in [3.8, 4) is 0 Å². The topological polar surface area (TPSA) is 24.1 Å². The van der Waals surface area contributed by atoms with Gasteiger partial charge in [0.15, 0.2) is 5.11 Å². The predicted octanol–water partition coefficient (Wildman–Crippen LogP) is 4.32. The highest BCUT2D eigenvalue weighted by Crippen LogP contribution is 2.18. The first-order valence-corrected chi connectivity index (χ1v) is 6.95. The van der Waals surface area contributed by atoms with E-state index in [2.05, 4.69) is 10.6 Å². The zero-order valence-electron chi connectivity index (χ0n) is 11.8. The molecule has 5 heteroatoms. The molecule has 0 aliphatic carbocycles. The predicted molar refractivity (Wildman–Crippen MR) is 85.3 cm³/mol. The van der Waals surface area contributed by atoms with Crippen molar-refractivity contribution in [2.45, 2.75) is 19.9 Å². The molecule has 0 amide bonds. The number of hydrogen-bond acceptors (Lipinski definition) is 1. The Morgan fingerprint density at radius 2 is 1.76 bits per heavy atom. The minimum Gasteiger partial charge on any atom is -0.356 e. The van der Waals surface area contributed by atoms with E-state index in [1.807, 2.05) is 31.2 Å². The molecule has 21 heavy (non-hydrogen) atoms. The number of halogens is 2. The lowest BCUT2D eigenvalue weighted by Crippen LogP contribution is -2.31. The number of aryl methyl sites for hydroxylation is 1. The highest BCUT2D eigenvalue weighted by Gasteiger charge is 2.12. The fraction of sp³-hybridized carbons (Fsp3) is 0.188. The van der Waals surface area contributed by atoms with Crippen molar-refractivity contribution < 1.29 is 8.78 Å². The van der Waals surface area contributed by atoms with Crippen LogP contribution in [0.4, 0.5) is 14.5 Å². The van der Waals surface area contributed by atoms with E-state index < -0.39 is 11.6 Å². The maximum absolute atomic E-state index is 13.7. The quantitative estimate of drug-likeness (QED) is 0.826. The largest absolute Gasteiger partial charge is 0.356 e. The molecule has 2 aromatic carbocycles. The summed E-state index contributed by atoms with van der Waals surface area (Å²) in [7, 11) is 0. The van der Waals surface area contributed by atoms with Gasteiger partial charge in [-0.15, -0.1) is 0 Å². The lowest BCUT2D eigenvalue weighted by Gasteiger charge is -2.18. The molecule has 2 aromatic rings. The summed E-state index contributed by atoms with van der Waals surface area (Å²) in [5.41, 5.74) is 2.37. The molecule has 1 atom stereocenters. The van der Waals surface area contributed by atoms with E-state index in [0.717, 1.165) is 17.3 Å². The van der Waals surface area contributed by atoms with Crippen LogP contribution in [0, 0.1) is 18.6 Å². The van der Waals surface area contributed by atoms with Gasteiger partial charge in [-0.05, 0) is 44.3 Å². The van der Waals surface area contributed by atoms with Gasteiger partial charge >= 0.3 is 0 Å². The van der Waals surface area contributed by atoms with Gasteiger partial charge in [-0.3, -0.25) is 0 Å². The Bertz CT molecular complexity index is 641. The molecule has 0 unspecified atom stereocenters. The van der Waals surface area contributed by atoms with Crippen LogP contribution in [0.15, 0.2) is 42.5 Å². The first kappa shape index (κ1) is 15.4. The summed E-state index contributed by atoms with van der Waals surface area (Å²) in [6.07, 6.45) is 0. The summed E-state index contributed by atoms with van der Waals surface area (Å²) < 4.78 is 26.6. The minimum absolute atomic E-state index is 0.365. The molecule has 2 nitrogen and oxygen atoms in total. The van der Waals surface area contributed by atoms with Gasteiger partial charge in [0.25, 0.3) is 0 Å². The summed E-state index contributed by atoms with van der Waals surface area (Å²) >= 11 is 5.20. The molecule has 2 N–H and O–H groups in total. The van der Waals surface area contributed by atoms with Crippen molar-refractivity contribution in [1.82, 2.24) is 5.32 Å². The van der Waals surface area contributed by atoms with E-state index in [-0.39, 0.29) is 6.04 Å². The Morgan fingerprint density at radius 1 is 1.10 bits per heavy atom. The van der Waals surface area contributed by atoms with Crippen LogP contribution in [0.1, 0.15) is 24.1 Å². The standard InChI is InChI=1S/C16H16F2N2S/c1-10-3-6-13(7-4-10)20-16(21)19-11(2)14-8-5-12(17)9-15(14)18/h3-9,11H,1-2H3,(H2,19,20,21)/t11-/m0/s1. The molecule has 0 aliphatic heterocycles. The van der Waals surface area contributed by atoms with E-state index in [0.29, 0.717) is 10.7 Å². The molecule has 0 spiro atoms. The normalized spacial score (nSPS) is 11.8. The maximum atomic E-state index is 13.7. The number of anilines is 1. The average molecular weight is 306 g/mol. The third-order valence-electron chi connectivity index (χ3n) is 3.09. The first-order chi connectivity index (χ1) is 9.95. The number of thiocarbonyl (C=S) groups is 1. The van der Waals surface area contributed by atoms with E-state index in [4.69, 9.17) is 12.2 Å². The van der Waals surface area contributed by atoms with Gasteiger partial charge < -0.3 is 10.6 Å². The molecule has 0 fully saturated rings. The lowest BCUT2D eigenvalue weighted by atomic mass is 10.1. The maximum Gasteiger partial charge on any atom is 0.171 e. The van der Waals surface area contributed by atoms with Gasteiger partial charge in [-0.2, -0.15) is 0 Å².